The van der Waals surface area contributed by atoms with Crippen LogP contribution < -0.4 is 5.73 Å². The summed E-state index contributed by atoms with van der Waals surface area (Å²) in [5.74, 6) is 0.141. The van der Waals surface area contributed by atoms with E-state index in [2.05, 4.69) is 0 Å². The molecule has 0 spiro atoms. The summed E-state index contributed by atoms with van der Waals surface area (Å²) in [5.41, 5.74) is 10.3. The van der Waals surface area contributed by atoms with Gasteiger partial charge in [-0.1, -0.05) is 24.3 Å². The van der Waals surface area contributed by atoms with Gasteiger partial charge in [0.2, 0.25) is 0 Å². The Labute approximate surface area is 107 Å². The van der Waals surface area contributed by atoms with Gasteiger partial charge in [0.05, 0.1) is 0 Å². The highest BCUT2D eigenvalue weighted by atomic mass is 16.1. The number of hydrogen-bond acceptors (Lipinski definition) is 2. The molecule has 0 fully saturated rings. The molecule has 2 rings (SSSR count). The van der Waals surface area contributed by atoms with Crippen LogP contribution in [0.25, 0.3) is 0 Å². The maximum atomic E-state index is 12.3. The van der Waals surface area contributed by atoms with Crippen molar-refractivity contribution in [2.45, 2.75) is 20.3 Å². The molecule has 92 valence electrons. The maximum Gasteiger partial charge on any atom is 0.167 e. The first-order chi connectivity index (χ1) is 8.58. The molecule has 0 aromatic heterocycles. The van der Waals surface area contributed by atoms with Gasteiger partial charge in [0, 0.05) is 17.7 Å². The van der Waals surface area contributed by atoms with Gasteiger partial charge < -0.3 is 5.73 Å². The van der Waals surface area contributed by atoms with Crippen LogP contribution in [-0.2, 0) is 6.42 Å². The largest absolute Gasteiger partial charge is 0.399 e. The molecule has 0 saturated heterocycles. The maximum absolute atomic E-state index is 12.3. The van der Waals surface area contributed by atoms with Gasteiger partial charge in [0.25, 0.3) is 0 Å². The summed E-state index contributed by atoms with van der Waals surface area (Å²) < 4.78 is 0. The molecule has 2 N–H and O–H groups in total. The molecule has 2 aromatic rings. The van der Waals surface area contributed by atoms with E-state index in [0.29, 0.717) is 12.1 Å². The second kappa shape index (κ2) is 5.05. The Morgan fingerprint density at radius 2 is 1.78 bits per heavy atom. The number of Topliss-reactive ketones (excluding diaryl/α,β-unsaturated/α-hetero) is 1. The van der Waals surface area contributed by atoms with Crippen LogP contribution in [-0.4, -0.2) is 5.78 Å². The Hall–Kier alpha value is -2.09. The summed E-state index contributed by atoms with van der Waals surface area (Å²) in [5, 5.41) is 0. The lowest BCUT2D eigenvalue weighted by molar-refractivity contribution is 0.0992. The van der Waals surface area contributed by atoms with Crippen molar-refractivity contribution in [2.75, 3.05) is 5.73 Å². The minimum Gasteiger partial charge on any atom is -0.399 e. The van der Waals surface area contributed by atoms with Crippen LogP contribution in [0, 0.1) is 13.8 Å². The molecule has 0 unspecified atom stereocenters. The molecule has 0 saturated carbocycles. The summed E-state index contributed by atoms with van der Waals surface area (Å²) in [6.07, 6.45) is 0.442. The highest BCUT2D eigenvalue weighted by Crippen LogP contribution is 2.16. The van der Waals surface area contributed by atoms with Crippen molar-refractivity contribution < 1.29 is 4.79 Å². The van der Waals surface area contributed by atoms with E-state index in [4.69, 9.17) is 5.73 Å². The van der Waals surface area contributed by atoms with Gasteiger partial charge in [-0.2, -0.15) is 0 Å². The molecule has 2 aromatic carbocycles. The molecule has 0 amide bonds. The second-order valence-corrected chi connectivity index (χ2v) is 4.60. The quantitative estimate of drug-likeness (QED) is 0.659. The molecule has 0 radical (unpaired) electrons. The van der Waals surface area contributed by atoms with Crippen LogP contribution in [0.1, 0.15) is 27.0 Å². The second-order valence-electron chi connectivity index (χ2n) is 4.60. The SMILES string of the molecule is Cc1ccccc1CC(=O)c1ccc(N)cc1C. The lowest BCUT2D eigenvalue weighted by Gasteiger charge is -2.08. The first-order valence-electron chi connectivity index (χ1n) is 6.02. The Bertz CT molecular complexity index is 587. The van der Waals surface area contributed by atoms with Crippen LogP contribution in [0.3, 0.4) is 0 Å². The molecular weight excluding hydrogens is 222 g/mol. The topological polar surface area (TPSA) is 43.1 Å². The number of hydrogen-bond donors (Lipinski definition) is 1. The number of carbonyl (C=O) groups excluding carboxylic acids is 1. The van der Waals surface area contributed by atoms with Crippen molar-refractivity contribution in [3.05, 3.63) is 64.7 Å². The summed E-state index contributed by atoms with van der Waals surface area (Å²) >= 11 is 0. The van der Waals surface area contributed by atoms with Gasteiger partial charge in [-0.25, -0.2) is 0 Å². The average Bonchev–Trinajstić information content (AvgIpc) is 2.32. The van der Waals surface area contributed by atoms with Crippen molar-refractivity contribution in [1.29, 1.82) is 0 Å². The zero-order valence-electron chi connectivity index (χ0n) is 10.7. The number of benzene rings is 2. The van der Waals surface area contributed by atoms with Gasteiger partial charge in [-0.15, -0.1) is 0 Å². The molecule has 0 aliphatic rings. The van der Waals surface area contributed by atoms with Crippen LogP contribution in [0.4, 0.5) is 5.69 Å². The summed E-state index contributed by atoms with van der Waals surface area (Å²) in [4.78, 5) is 12.3. The van der Waals surface area contributed by atoms with E-state index in [-0.39, 0.29) is 5.78 Å². The molecule has 0 atom stereocenters. The van der Waals surface area contributed by atoms with Gasteiger partial charge in [-0.05, 0) is 48.7 Å². The zero-order chi connectivity index (χ0) is 13.1. The fraction of sp³-hybridized carbons (Fsp3) is 0.188. The van der Waals surface area contributed by atoms with E-state index in [1.54, 1.807) is 6.07 Å². The molecule has 2 nitrogen and oxygen atoms in total. The number of nitrogen functional groups attached to an aromatic ring is 1. The molecular formula is C16H17NO. The summed E-state index contributed by atoms with van der Waals surface area (Å²) in [7, 11) is 0. The van der Waals surface area contributed by atoms with Gasteiger partial charge in [0.1, 0.15) is 0 Å². The average molecular weight is 239 g/mol. The smallest absolute Gasteiger partial charge is 0.167 e. The number of ketones is 1. The van der Waals surface area contributed by atoms with Crippen molar-refractivity contribution in [1.82, 2.24) is 0 Å². The third-order valence-corrected chi connectivity index (χ3v) is 3.16. The summed E-state index contributed by atoms with van der Waals surface area (Å²) in [6.45, 7) is 3.94. The lowest BCUT2D eigenvalue weighted by Crippen LogP contribution is -2.07. The monoisotopic (exact) mass is 239 g/mol. The fourth-order valence-electron chi connectivity index (χ4n) is 2.08. The number of rotatable bonds is 3. The Balaban J connectivity index is 2.25. The van der Waals surface area contributed by atoms with Crippen LogP contribution in [0.2, 0.25) is 0 Å². The minimum atomic E-state index is 0.141. The van der Waals surface area contributed by atoms with E-state index in [0.717, 1.165) is 22.3 Å². The van der Waals surface area contributed by atoms with E-state index in [1.807, 2.05) is 50.2 Å². The highest BCUT2D eigenvalue weighted by molar-refractivity contribution is 5.99. The Kier molecular flexibility index (Phi) is 3.47. The number of carbonyl (C=O) groups is 1. The molecule has 0 heterocycles. The number of aryl methyl sites for hydroxylation is 2. The minimum absolute atomic E-state index is 0.141. The Morgan fingerprint density at radius 3 is 2.44 bits per heavy atom. The van der Waals surface area contributed by atoms with Crippen LogP contribution in [0.5, 0.6) is 0 Å². The van der Waals surface area contributed by atoms with Gasteiger partial charge in [-0.3, -0.25) is 4.79 Å². The first-order valence-corrected chi connectivity index (χ1v) is 6.02. The van der Waals surface area contributed by atoms with E-state index in [1.165, 1.54) is 0 Å². The Morgan fingerprint density at radius 1 is 1.06 bits per heavy atom. The molecule has 0 bridgehead atoms. The van der Waals surface area contributed by atoms with E-state index >= 15 is 0 Å². The predicted molar refractivity (Wildman–Crippen MR) is 74.8 cm³/mol. The van der Waals surface area contributed by atoms with E-state index < -0.39 is 0 Å². The predicted octanol–water partition coefficient (Wildman–Crippen LogP) is 3.31. The molecule has 0 aliphatic carbocycles. The third kappa shape index (κ3) is 2.59. The fourth-order valence-corrected chi connectivity index (χ4v) is 2.08. The van der Waals surface area contributed by atoms with Crippen LogP contribution in [0.15, 0.2) is 42.5 Å². The molecule has 0 aliphatic heterocycles. The normalized spacial score (nSPS) is 10.3. The number of anilines is 1. The molecule has 18 heavy (non-hydrogen) atoms. The van der Waals surface area contributed by atoms with Gasteiger partial charge in [0.15, 0.2) is 5.78 Å². The van der Waals surface area contributed by atoms with Gasteiger partial charge >= 0.3 is 0 Å². The van der Waals surface area contributed by atoms with E-state index in [9.17, 15) is 4.79 Å². The van der Waals surface area contributed by atoms with Crippen LogP contribution >= 0.6 is 0 Å². The van der Waals surface area contributed by atoms with Crippen molar-refractivity contribution in [3.63, 3.8) is 0 Å². The first kappa shape index (κ1) is 12.4. The zero-order valence-corrected chi connectivity index (χ0v) is 10.7. The van der Waals surface area contributed by atoms with Crippen molar-refractivity contribution in [3.8, 4) is 0 Å². The molecule has 2 heteroatoms. The number of nitrogens with two attached hydrogens (primary N) is 1. The summed E-state index contributed by atoms with van der Waals surface area (Å²) in [6, 6.07) is 13.4. The van der Waals surface area contributed by atoms with Crippen molar-refractivity contribution >= 4 is 11.5 Å². The standard InChI is InChI=1S/C16H17NO/c1-11-5-3-4-6-13(11)10-16(18)15-8-7-14(17)9-12(15)2/h3-9H,10,17H2,1-2H3. The lowest BCUT2D eigenvalue weighted by atomic mass is 9.97. The highest BCUT2D eigenvalue weighted by Gasteiger charge is 2.11. The van der Waals surface area contributed by atoms with Crippen molar-refractivity contribution in [2.24, 2.45) is 0 Å². The third-order valence-electron chi connectivity index (χ3n) is 3.16.